The van der Waals surface area contributed by atoms with Crippen LogP contribution in [0.2, 0.25) is 10.0 Å². The molecule has 0 fully saturated rings. The number of primary amides is 1. The molecule has 0 saturated heterocycles. The molecule has 0 aromatic heterocycles. The molecule has 0 bridgehead atoms. The number of hydrogen-bond donors (Lipinski definition) is 4. The number of hydrogen-bond acceptors (Lipinski definition) is 4. The number of nitrogens with one attached hydrogen (secondary N) is 2. The number of carbonyl (C=O) groups is 3. The predicted octanol–water partition coefficient (Wildman–Crippen LogP) is 2.72. The number of anilines is 2. The normalized spacial score (nSPS) is 11.5. The van der Waals surface area contributed by atoms with Gasteiger partial charge in [0.15, 0.2) is 0 Å². The highest BCUT2D eigenvalue weighted by Crippen LogP contribution is 2.33. The summed E-state index contributed by atoms with van der Waals surface area (Å²) in [6.07, 6.45) is -0.607. The Morgan fingerprint density at radius 2 is 1.67 bits per heavy atom. The fourth-order valence-corrected chi connectivity index (χ4v) is 2.86. The lowest BCUT2D eigenvalue weighted by Crippen LogP contribution is -2.43. The first-order chi connectivity index (χ1) is 12.8. The van der Waals surface area contributed by atoms with Gasteiger partial charge in [-0.15, -0.1) is 0 Å². The molecule has 5 N–H and O–H groups in total. The molecule has 142 valence electrons. The number of carboxylic acid groups (broad SMARTS) is 1. The second kappa shape index (κ2) is 9.25. The quantitative estimate of drug-likeness (QED) is 0.533. The van der Waals surface area contributed by atoms with E-state index in [0.29, 0.717) is 27.0 Å². The Morgan fingerprint density at radius 3 is 2.26 bits per heavy atom. The molecule has 9 heteroatoms. The van der Waals surface area contributed by atoms with Gasteiger partial charge in [0.05, 0.1) is 28.6 Å². The van der Waals surface area contributed by atoms with E-state index in [1.165, 1.54) is 0 Å². The smallest absolute Gasteiger partial charge is 0.326 e. The van der Waals surface area contributed by atoms with Crippen molar-refractivity contribution in [3.8, 4) is 0 Å². The molecule has 0 saturated carbocycles. The molecule has 0 aliphatic carbocycles. The third-order valence-electron chi connectivity index (χ3n) is 3.63. The maximum Gasteiger partial charge on any atom is 0.326 e. The lowest BCUT2D eigenvalue weighted by atomic mass is 10.1. The number of para-hydroxylation sites is 2. The second-order valence-electron chi connectivity index (χ2n) is 5.68. The average molecular weight is 410 g/mol. The highest BCUT2D eigenvalue weighted by Gasteiger charge is 2.22. The summed E-state index contributed by atoms with van der Waals surface area (Å²) < 4.78 is 0. The number of carbonyl (C=O) groups excluding carboxylic acids is 2. The van der Waals surface area contributed by atoms with Crippen LogP contribution in [0.4, 0.5) is 11.4 Å². The molecule has 0 spiro atoms. The van der Waals surface area contributed by atoms with E-state index in [1.807, 2.05) is 0 Å². The van der Waals surface area contributed by atoms with Gasteiger partial charge in [-0.1, -0.05) is 47.5 Å². The van der Waals surface area contributed by atoms with Gasteiger partial charge in [0.25, 0.3) is 0 Å². The van der Waals surface area contributed by atoms with Crippen molar-refractivity contribution in [3.05, 3.63) is 58.1 Å². The van der Waals surface area contributed by atoms with Gasteiger partial charge in [-0.05, 0) is 23.8 Å². The van der Waals surface area contributed by atoms with E-state index in [9.17, 15) is 14.4 Å². The van der Waals surface area contributed by atoms with Crippen LogP contribution in [0.1, 0.15) is 12.0 Å². The minimum absolute atomic E-state index is 0.117. The minimum Gasteiger partial charge on any atom is -0.480 e. The first-order valence-electron chi connectivity index (χ1n) is 7.87. The predicted molar refractivity (Wildman–Crippen MR) is 103 cm³/mol. The second-order valence-corrected chi connectivity index (χ2v) is 6.50. The third kappa shape index (κ3) is 5.87. The SMILES string of the molecule is NC(=O)C[C@H](NC(=O)Cc1ccccc1Nc1c(Cl)cccc1Cl)C(=O)O. The topological polar surface area (TPSA) is 122 Å². The minimum atomic E-state index is -1.38. The van der Waals surface area contributed by atoms with Crippen molar-refractivity contribution in [3.63, 3.8) is 0 Å². The van der Waals surface area contributed by atoms with Gasteiger partial charge in [-0.3, -0.25) is 9.59 Å². The standard InChI is InChI=1S/C18H17Cl2N3O4/c19-11-5-3-6-12(20)17(11)23-13-7-2-1-4-10(13)8-16(25)22-14(18(26)27)9-15(21)24/h1-7,14,23H,8-9H2,(H2,21,24)(H,22,25)(H,26,27)/t14-/m0/s1. The molecule has 0 unspecified atom stereocenters. The van der Waals surface area contributed by atoms with Crippen molar-refractivity contribution >= 4 is 52.4 Å². The molecule has 27 heavy (non-hydrogen) atoms. The Morgan fingerprint density at radius 1 is 1.04 bits per heavy atom. The summed E-state index contributed by atoms with van der Waals surface area (Å²) in [5.41, 5.74) is 6.68. The first-order valence-corrected chi connectivity index (χ1v) is 8.63. The van der Waals surface area contributed by atoms with E-state index in [-0.39, 0.29) is 6.42 Å². The molecule has 2 amide bonds. The number of carboxylic acids is 1. The van der Waals surface area contributed by atoms with Crippen LogP contribution >= 0.6 is 23.2 Å². The van der Waals surface area contributed by atoms with Gasteiger partial charge in [-0.25, -0.2) is 4.79 Å². The Kier molecular flexibility index (Phi) is 7.04. The van der Waals surface area contributed by atoms with E-state index >= 15 is 0 Å². The van der Waals surface area contributed by atoms with Crippen LogP contribution in [0.15, 0.2) is 42.5 Å². The number of halogens is 2. The first kappa shape index (κ1) is 20.5. The molecule has 0 aliphatic heterocycles. The molecule has 1 atom stereocenters. The Balaban J connectivity index is 2.17. The summed E-state index contributed by atoms with van der Waals surface area (Å²) >= 11 is 12.3. The highest BCUT2D eigenvalue weighted by molar-refractivity contribution is 6.39. The lowest BCUT2D eigenvalue weighted by molar-refractivity contribution is -0.143. The van der Waals surface area contributed by atoms with E-state index in [2.05, 4.69) is 10.6 Å². The molecule has 2 rings (SSSR count). The molecule has 2 aromatic carbocycles. The van der Waals surface area contributed by atoms with Crippen molar-refractivity contribution in [1.29, 1.82) is 0 Å². The molecule has 0 radical (unpaired) electrons. The summed E-state index contributed by atoms with van der Waals surface area (Å²) in [6.45, 7) is 0. The maximum absolute atomic E-state index is 12.2. The molecule has 2 aromatic rings. The highest BCUT2D eigenvalue weighted by atomic mass is 35.5. The Hall–Kier alpha value is -2.77. The number of aliphatic carboxylic acids is 1. The van der Waals surface area contributed by atoms with E-state index in [1.54, 1.807) is 42.5 Å². The summed E-state index contributed by atoms with van der Waals surface area (Å²) in [7, 11) is 0. The van der Waals surface area contributed by atoms with Crippen molar-refractivity contribution in [2.24, 2.45) is 5.73 Å². The number of amides is 2. The fraction of sp³-hybridized carbons (Fsp3) is 0.167. The van der Waals surface area contributed by atoms with Crippen LogP contribution in [-0.4, -0.2) is 28.9 Å². The van der Waals surface area contributed by atoms with Crippen LogP contribution in [0.5, 0.6) is 0 Å². The average Bonchev–Trinajstić information content (AvgIpc) is 2.58. The van der Waals surface area contributed by atoms with Gasteiger partial charge in [0.1, 0.15) is 6.04 Å². The zero-order chi connectivity index (χ0) is 20.0. The molecular weight excluding hydrogens is 393 g/mol. The van der Waals surface area contributed by atoms with Crippen molar-refractivity contribution in [2.45, 2.75) is 18.9 Å². The van der Waals surface area contributed by atoms with Gasteiger partial charge in [0, 0.05) is 5.69 Å². The number of nitrogens with two attached hydrogens (primary N) is 1. The molecule has 0 heterocycles. The van der Waals surface area contributed by atoms with E-state index in [0.717, 1.165) is 0 Å². The molecular formula is C18H17Cl2N3O4. The van der Waals surface area contributed by atoms with E-state index in [4.69, 9.17) is 34.0 Å². The van der Waals surface area contributed by atoms with Crippen LogP contribution < -0.4 is 16.4 Å². The number of benzene rings is 2. The van der Waals surface area contributed by atoms with Crippen LogP contribution in [0.25, 0.3) is 0 Å². The Labute approximate surface area is 165 Å². The summed E-state index contributed by atoms with van der Waals surface area (Å²) in [5.74, 6) is -2.72. The van der Waals surface area contributed by atoms with E-state index < -0.39 is 30.2 Å². The van der Waals surface area contributed by atoms with Crippen LogP contribution in [0.3, 0.4) is 0 Å². The fourth-order valence-electron chi connectivity index (χ4n) is 2.37. The van der Waals surface area contributed by atoms with Gasteiger partial charge >= 0.3 is 5.97 Å². The van der Waals surface area contributed by atoms with Crippen LogP contribution in [-0.2, 0) is 20.8 Å². The monoisotopic (exact) mass is 409 g/mol. The van der Waals surface area contributed by atoms with Crippen molar-refractivity contribution in [2.75, 3.05) is 5.32 Å². The lowest BCUT2D eigenvalue weighted by Gasteiger charge is -2.16. The molecule has 0 aliphatic rings. The zero-order valence-electron chi connectivity index (χ0n) is 14.0. The van der Waals surface area contributed by atoms with Crippen molar-refractivity contribution < 1.29 is 19.5 Å². The van der Waals surface area contributed by atoms with Gasteiger partial charge < -0.3 is 21.5 Å². The third-order valence-corrected chi connectivity index (χ3v) is 4.26. The van der Waals surface area contributed by atoms with Crippen LogP contribution in [0, 0.1) is 0 Å². The summed E-state index contributed by atoms with van der Waals surface area (Å²) in [4.78, 5) is 34.3. The number of rotatable bonds is 8. The summed E-state index contributed by atoms with van der Waals surface area (Å²) in [5, 5.41) is 15.3. The zero-order valence-corrected chi connectivity index (χ0v) is 15.6. The largest absolute Gasteiger partial charge is 0.480 e. The maximum atomic E-state index is 12.2. The summed E-state index contributed by atoms with van der Waals surface area (Å²) in [6, 6.07) is 10.6. The Bertz CT molecular complexity index is 853. The van der Waals surface area contributed by atoms with Gasteiger partial charge in [0.2, 0.25) is 11.8 Å². The molecule has 7 nitrogen and oxygen atoms in total. The van der Waals surface area contributed by atoms with Crippen molar-refractivity contribution in [1.82, 2.24) is 5.32 Å². The van der Waals surface area contributed by atoms with Gasteiger partial charge in [-0.2, -0.15) is 0 Å².